The fourth-order valence-electron chi connectivity index (χ4n) is 4.70. The molecule has 2 aromatic rings. The number of hydrogen-bond donors (Lipinski definition) is 1. The molecule has 1 fully saturated rings. The molecular formula is C23H31N5O. The van der Waals surface area contributed by atoms with Crippen molar-refractivity contribution in [1.29, 1.82) is 0 Å². The Bertz CT molecular complexity index is 884. The highest BCUT2D eigenvalue weighted by atomic mass is 16.1. The molecule has 6 nitrogen and oxygen atoms in total. The molecular weight excluding hydrogens is 362 g/mol. The van der Waals surface area contributed by atoms with Gasteiger partial charge in [0.1, 0.15) is 17.3 Å². The zero-order chi connectivity index (χ0) is 20.4. The van der Waals surface area contributed by atoms with Crippen LogP contribution in [0.5, 0.6) is 0 Å². The first-order valence-corrected chi connectivity index (χ1v) is 10.6. The Labute approximate surface area is 173 Å². The predicted octanol–water partition coefficient (Wildman–Crippen LogP) is 2.33. The van der Waals surface area contributed by atoms with Crippen molar-refractivity contribution in [1.82, 2.24) is 20.2 Å². The van der Waals surface area contributed by atoms with Crippen LogP contribution < -0.4 is 10.2 Å². The monoisotopic (exact) mass is 393 g/mol. The molecule has 0 saturated carbocycles. The lowest BCUT2D eigenvalue weighted by molar-refractivity contribution is 0.0940. The number of anilines is 1. The van der Waals surface area contributed by atoms with Crippen LogP contribution in [0.4, 0.5) is 5.82 Å². The molecule has 1 aromatic carbocycles. The summed E-state index contributed by atoms with van der Waals surface area (Å²) in [5.41, 5.74) is 3.05. The van der Waals surface area contributed by atoms with Crippen LogP contribution in [0, 0.1) is 5.41 Å². The number of carbonyl (C=O) groups is 1. The van der Waals surface area contributed by atoms with Gasteiger partial charge in [-0.05, 0) is 43.8 Å². The Morgan fingerprint density at radius 1 is 1.21 bits per heavy atom. The van der Waals surface area contributed by atoms with Crippen molar-refractivity contribution in [2.45, 2.75) is 32.6 Å². The first-order chi connectivity index (χ1) is 13.9. The van der Waals surface area contributed by atoms with Crippen LogP contribution >= 0.6 is 0 Å². The van der Waals surface area contributed by atoms with E-state index in [0.29, 0.717) is 12.2 Å². The van der Waals surface area contributed by atoms with Crippen LogP contribution in [-0.2, 0) is 19.3 Å². The molecule has 6 heteroatoms. The summed E-state index contributed by atoms with van der Waals surface area (Å²) in [7, 11) is 4.30. The third-order valence-corrected chi connectivity index (χ3v) is 6.12. The number of aryl methyl sites for hydroxylation is 2. The zero-order valence-corrected chi connectivity index (χ0v) is 17.7. The fourth-order valence-corrected chi connectivity index (χ4v) is 4.70. The molecule has 1 saturated heterocycles. The number of hydrogen-bond acceptors (Lipinski definition) is 5. The highest BCUT2D eigenvalue weighted by molar-refractivity contribution is 5.96. The van der Waals surface area contributed by atoms with Crippen LogP contribution in [-0.4, -0.2) is 61.0 Å². The minimum atomic E-state index is -0.0731. The van der Waals surface area contributed by atoms with E-state index >= 15 is 0 Å². The van der Waals surface area contributed by atoms with Gasteiger partial charge in [0.2, 0.25) is 0 Å². The highest BCUT2D eigenvalue weighted by Gasteiger charge is 2.34. The molecule has 0 radical (unpaired) electrons. The first kappa shape index (κ1) is 19.8. The fraction of sp³-hybridized carbons (Fsp3) is 0.522. The van der Waals surface area contributed by atoms with Crippen LogP contribution in [0.25, 0.3) is 0 Å². The van der Waals surface area contributed by atoms with Gasteiger partial charge in [0.05, 0.1) is 0 Å². The van der Waals surface area contributed by atoms with Crippen molar-refractivity contribution >= 4 is 11.7 Å². The third kappa shape index (κ3) is 4.42. The Morgan fingerprint density at radius 3 is 2.72 bits per heavy atom. The summed E-state index contributed by atoms with van der Waals surface area (Å²) in [6.07, 6.45) is 3.57. The van der Waals surface area contributed by atoms with Gasteiger partial charge in [0, 0.05) is 38.7 Å². The maximum Gasteiger partial charge on any atom is 0.270 e. The molecule has 0 bridgehead atoms. The van der Waals surface area contributed by atoms with Gasteiger partial charge in [-0.1, -0.05) is 37.3 Å². The standard InChI is InChI=1S/C23H31N5O/c1-23(12-14-27(2)15-23)16-28(3)21-18-11-13-24-22(29)20(18)25-19(26-21)10-9-17-7-5-4-6-8-17/h4-8H,9-16H2,1-3H3,(H,24,29). The largest absolute Gasteiger partial charge is 0.359 e. The molecule has 1 atom stereocenters. The number of amides is 1. The van der Waals surface area contributed by atoms with E-state index in [1.807, 2.05) is 6.07 Å². The normalized spacial score (nSPS) is 21.7. The average molecular weight is 394 g/mol. The van der Waals surface area contributed by atoms with Crippen LogP contribution in [0.3, 0.4) is 0 Å². The van der Waals surface area contributed by atoms with Crippen molar-refractivity contribution in [3.05, 3.63) is 53.0 Å². The SMILES string of the molecule is CN1CCC(C)(CN(C)c2nc(CCc3ccccc3)nc3c2CCNC3=O)C1. The lowest BCUT2D eigenvalue weighted by Gasteiger charge is -2.32. The minimum absolute atomic E-state index is 0.0731. The van der Waals surface area contributed by atoms with Crippen molar-refractivity contribution in [2.75, 3.05) is 45.2 Å². The Hall–Kier alpha value is -2.47. The van der Waals surface area contributed by atoms with E-state index in [0.717, 1.165) is 56.1 Å². The van der Waals surface area contributed by atoms with E-state index in [-0.39, 0.29) is 11.3 Å². The minimum Gasteiger partial charge on any atom is -0.359 e. The van der Waals surface area contributed by atoms with Gasteiger partial charge in [-0.25, -0.2) is 9.97 Å². The highest BCUT2D eigenvalue weighted by Crippen LogP contribution is 2.32. The van der Waals surface area contributed by atoms with E-state index in [1.54, 1.807) is 0 Å². The quantitative estimate of drug-likeness (QED) is 0.816. The van der Waals surface area contributed by atoms with Gasteiger partial charge in [-0.3, -0.25) is 4.79 Å². The van der Waals surface area contributed by atoms with E-state index in [4.69, 9.17) is 4.98 Å². The van der Waals surface area contributed by atoms with E-state index in [1.165, 1.54) is 12.0 Å². The van der Waals surface area contributed by atoms with E-state index < -0.39 is 0 Å². The second-order valence-corrected chi connectivity index (χ2v) is 8.94. The zero-order valence-electron chi connectivity index (χ0n) is 17.7. The number of benzene rings is 1. The summed E-state index contributed by atoms with van der Waals surface area (Å²) in [5, 5.41) is 2.94. The Kier molecular flexibility index (Phi) is 5.54. The molecule has 1 N–H and O–H groups in total. The summed E-state index contributed by atoms with van der Waals surface area (Å²) in [4.78, 5) is 26.8. The first-order valence-electron chi connectivity index (χ1n) is 10.6. The van der Waals surface area contributed by atoms with Gasteiger partial charge >= 0.3 is 0 Å². The van der Waals surface area contributed by atoms with Crippen molar-refractivity contribution in [3.63, 3.8) is 0 Å². The van der Waals surface area contributed by atoms with Gasteiger partial charge < -0.3 is 15.1 Å². The second-order valence-electron chi connectivity index (χ2n) is 8.94. The summed E-state index contributed by atoms with van der Waals surface area (Å²) < 4.78 is 0. The number of nitrogens with one attached hydrogen (secondary N) is 1. The molecule has 2 aliphatic rings. The number of fused-ring (bicyclic) bond motifs is 1. The molecule has 3 heterocycles. The molecule has 0 spiro atoms. The lowest BCUT2D eigenvalue weighted by atomic mass is 9.89. The third-order valence-electron chi connectivity index (χ3n) is 6.12. The molecule has 2 aliphatic heterocycles. The maximum absolute atomic E-state index is 12.5. The van der Waals surface area contributed by atoms with Gasteiger partial charge in [0.25, 0.3) is 5.91 Å². The summed E-state index contributed by atoms with van der Waals surface area (Å²) in [6, 6.07) is 10.4. The smallest absolute Gasteiger partial charge is 0.270 e. The van der Waals surface area contributed by atoms with Gasteiger partial charge in [0.15, 0.2) is 0 Å². The Morgan fingerprint density at radius 2 is 2.00 bits per heavy atom. The average Bonchev–Trinajstić information content (AvgIpc) is 3.05. The lowest BCUT2D eigenvalue weighted by Crippen LogP contribution is -2.39. The molecule has 1 aromatic heterocycles. The molecule has 154 valence electrons. The maximum atomic E-state index is 12.5. The van der Waals surface area contributed by atoms with Crippen molar-refractivity contribution in [3.8, 4) is 0 Å². The molecule has 29 heavy (non-hydrogen) atoms. The van der Waals surface area contributed by atoms with E-state index in [9.17, 15) is 4.79 Å². The van der Waals surface area contributed by atoms with Crippen molar-refractivity contribution < 1.29 is 4.79 Å². The number of aromatic nitrogens is 2. The number of likely N-dealkylation sites (tertiary alicyclic amines) is 1. The van der Waals surface area contributed by atoms with Crippen LogP contribution in [0.15, 0.2) is 30.3 Å². The van der Waals surface area contributed by atoms with E-state index in [2.05, 4.69) is 65.4 Å². The summed E-state index contributed by atoms with van der Waals surface area (Å²) >= 11 is 0. The van der Waals surface area contributed by atoms with Gasteiger partial charge in [-0.15, -0.1) is 0 Å². The second kappa shape index (κ2) is 8.11. The molecule has 1 amide bonds. The molecule has 0 aliphatic carbocycles. The van der Waals surface area contributed by atoms with Crippen LogP contribution in [0.2, 0.25) is 0 Å². The molecule has 1 unspecified atom stereocenters. The number of rotatable bonds is 6. The Balaban J connectivity index is 1.61. The predicted molar refractivity (Wildman–Crippen MR) is 115 cm³/mol. The van der Waals surface area contributed by atoms with Crippen molar-refractivity contribution in [2.24, 2.45) is 5.41 Å². The van der Waals surface area contributed by atoms with Gasteiger partial charge in [-0.2, -0.15) is 0 Å². The number of carbonyl (C=O) groups excluding carboxylic acids is 1. The van der Waals surface area contributed by atoms with Crippen LogP contribution in [0.1, 0.15) is 40.8 Å². The summed E-state index contributed by atoms with van der Waals surface area (Å²) in [5.74, 6) is 1.61. The molecule has 4 rings (SSSR count). The number of nitrogens with zero attached hydrogens (tertiary/aromatic N) is 4. The topological polar surface area (TPSA) is 61.4 Å². The summed E-state index contributed by atoms with van der Waals surface area (Å²) in [6.45, 7) is 6.16.